The first-order valence-corrected chi connectivity index (χ1v) is 6.72. The lowest BCUT2D eigenvalue weighted by atomic mass is 10.1. The summed E-state index contributed by atoms with van der Waals surface area (Å²) in [4.78, 5) is 14.5. The molecule has 0 N–H and O–H groups in total. The molecule has 0 spiro atoms. The molecule has 0 radical (unpaired) electrons. The lowest BCUT2D eigenvalue weighted by Gasteiger charge is -2.25. The number of nitrogens with zero attached hydrogens (tertiary/aromatic N) is 1. The Bertz CT molecular complexity index is 439. The molecule has 2 rings (SSSR count). The summed E-state index contributed by atoms with van der Waals surface area (Å²) in [6, 6.07) is 5.33. The van der Waals surface area contributed by atoms with Crippen molar-refractivity contribution in [3.05, 3.63) is 23.8 Å². The highest BCUT2D eigenvalue weighted by Crippen LogP contribution is 2.27. The first kappa shape index (κ1) is 13.9. The zero-order valence-corrected chi connectivity index (χ0v) is 11.6. The Balaban J connectivity index is 2.05. The van der Waals surface area contributed by atoms with E-state index in [2.05, 4.69) is 4.90 Å². The number of piperidine rings is 1. The van der Waals surface area contributed by atoms with Gasteiger partial charge >= 0.3 is 0 Å². The van der Waals surface area contributed by atoms with Crippen LogP contribution in [-0.4, -0.2) is 44.5 Å². The molecule has 1 aliphatic rings. The number of likely N-dealkylation sites (tertiary alicyclic amines) is 1. The Morgan fingerprint density at radius 2 is 1.79 bits per heavy atom. The predicted molar refractivity (Wildman–Crippen MR) is 74.2 cm³/mol. The predicted octanol–water partition coefficient (Wildman–Crippen LogP) is 2.37. The van der Waals surface area contributed by atoms with Crippen molar-refractivity contribution in [2.75, 3.05) is 33.9 Å². The highest BCUT2D eigenvalue weighted by atomic mass is 16.5. The van der Waals surface area contributed by atoms with Crippen LogP contribution in [0.3, 0.4) is 0 Å². The van der Waals surface area contributed by atoms with Gasteiger partial charge in [0.25, 0.3) is 0 Å². The fraction of sp³-hybridized carbons (Fsp3) is 0.533. The maximum atomic E-state index is 12.2. The summed E-state index contributed by atoms with van der Waals surface area (Å²) in [5, 5.41) is 0. The highest BCUT2D eigenvalue weighted by Gasteiger charge is 2.16. The van der Waals surface area contributed by atoms with Crippen LogP contribution in [0.25, 0.3) is 0 Å². The molecular weight excluding hydrogens is 242 g/mol. The van der Waals surface area contributed by atoms with E-state index in [1.165, 1.54) is 19.3 Å². The first-order chi connectivity index (χ1) is 9.24. The van der Waals surface area contributed by atoms with Crippen molar-refractivity contribution in [3.8, 4) is 11.5 Å². The summed E-state index contributed by atoms with van der Waals surface area (Å²) in [6.45, 7) is 2.55. The minimum absolute atomic E-state index is 0.142. The van der Waals surface area contributed by atoms with E-state index in [4.69, 9.17) is 9.47 Å². The number of rotatable bonds is 5. The van der Waals surface area contributed by atoms with Crippen LogP contribution in [0.5, 0.6) is 11.5 Å². The van der Waals surface area contributed by atoms with E-state index >= 15 is 0 Å². The molecule has 4 heteroatoms. The summed E-state index contributed by atoms with van der Waals surface area (Å²) in [5.74, 6) is 1.40. The highest BCUT2D eigenvalue weighted by molar-refractivity contribution is 5.98. The topological polar surface area (TPSA) is 38.8 Å². The number of carbonyl (C=O) groups excluding carboxylic acids is 1. The van der Waals surface area contributed by atoms with E-state index in [-0.39, 0.29) is 5.78 Å². The van der Waals surface area contributed by atoms with E-state index in [1.54, 1.807) is 32.4 Å². The van der Waals surface area contributed by atoms with Crippen LogP contribution < -0.4 is 9.47 Å². The van der Waals surface area contributed by atoms with Gasteiger partial charge in [-0.05, 0) is 44.1 Å². The summed E-state index contributed by atoms with van der Waals surface area (Å²) < 4.78 is 10.4. The van der Waals surface area contributed by atoms with Gasteiger partial charge in [-0.3, -0.25) is 9.69 Å². The molecule has 0 aliphatic carbocycles. The van der Waals surface area contributed by atoms with Crippen molar-refractivity contribution in [3.63, 3.8) is 0 Å². The molecule has 0 aromatic heterocycles. The van der Waals surface area contributed by atoms with Crippen LogP contribution in [0, 0.1) is 0 Å². The molecule has 1 saturated heterocycles. The molecule has 0 amide bonds. The molecule has 19 heavy (non-hydrogen) atoms. The van der Waals surface area contributed by atoms with E-state index in [1.807, 2.05) is 0 Å². The third-order valence-corrected chi connectivity index (χ3v) is 3.52. The van der Waals surface area contributed by atoms with Gasteiger partial charge in [-0.15, -0.1) is 0 Å². The molecule has 1 aromatic carbocycles. The molecule has 1 heterocycles. The van der Waals surface area contributed by atoms with Gasteiger partial charge in [0, 0.05) is 5.56 Å². The van der Waals surface area contributed by atoms with Gasteiger partial charge in [0.05, 0.1) is 20.8 Å². The molecule has 0 saturated carbocycles. The van der Waals surface area contributed by atoms with Crippen LogP contribution in [0.4, 0.5) is 0 Å². The lowest BCUT2D eigenvalue weighted by Crippen LogP contribution is -2.34. The number of Topliss-reactive ketones (excluding diaryl/α,β-unsaturated/α-hetero) is 1. The zero-order valence-electron chi connectivity index (χ0n) is 11.6. The Hall–Kier alpha value is -1.55. The summed E-state index contributed by atoms with van der Waals surface area (Å²) in [7, 11) is 3.17. The quantitative estimate of drug-likeness (QED) is 0.765. The lowest BCUT2D eigenvalue weighted by molar-refractivity contribution is 0.0915. The largest absolute Gasteiger partial charge is 0.493 e. The molecule has 0 bridgehead atoms. The van der Waals surface area contributed by atoms with Crippen molar-refractivity contribution < 1.29 is 14.3 Å². The first-order valence-electron chi connectivity index (χ1n) is 6.72. The summed E-state index contributed by atoms with van der Waals surface area (Å²) >= 11 is 0. The molecule has 1 fully saturated rings. The number of carbonyl (C=O) groups is 1. The molecule has 104 valence electrons. The van der Waals surface area contributed by atoms with Gasteiger partial charge in [0.2, 0.25) is 0 Å². The van der Waals surface area contributed by atoms with Crippen molar-refractivity contribution in [2.45, 2.75) is 19.3 Å². The average Bonchev–Trinajstić information content (AvgIpc) is 2.47. The Morgan fingerprint density at radius 1 is 1.11 bits per heavy atom. The van der Waals surface area contributed by atoms with Gasteiger partial charge in [-0.25, -0.2) is 0 Å². The van der Waals surface area contributed by atoms with E-state index in [9.17, 15) is 4.79 Å². The van der Waals surface area contributed by atoms with Crippen LogP contribution in [0.2, 0.25) is 0 Å². The van der Waals surface area contributed by atoms with Crippen LogP contribution in [-0.2, 0) is 0 Å². The Kier molecular flexibility index (Phi) is 4.80. The monoisotopic (exact) mass is 263 g/mol. The van der Waals surface area contributed by atoms with Crippen LogP contribution in [0.1, 0.15) is 29.6 Å². The molecule has 1 aromatic rings. The summed E-state index contributed by atoms with van der Waals surface area (Å²) in [6.07, 6.45) is 3.67. The third kappa shape index (κ3) is 3.47. The molecule has 4 nitrogen and oxygen atoms in total. The van der Waals surface area contributed by atoms with Crippen molar-refractivity contribution in [1.29, 1.82) is 0 Å². The van der Waals surface area contributed by atoms with Crippen LogP contribution >= 0.6 is 0 Å². The number of ether oxygens (including phenoxy) is 2. The average molecular weight is 263 g/mol. The number of hydrogen-bond donors (Lipinski definition) is 0. The van der Waals surface area contributed by atoms with Gasteiger partial charge in [0.1, 0.15) is 0 Å². The number of hydrogen-bond acceptors (Lipinski definition) is 4. The minimum Gasteiger partial charge on any atom is -0.493 e. The van der Waals surface area contributed by atoms with Gasteiger partial charge in [-0.2, -0.15) is 0 Å². The minimum atomic E-state index is 0.142. The third-order valence-electron chi connectivity index (χ3n) is 3.52. The molecule has 1 aliphatic heterocycles. The van der Waals surface area contributed by atoms with Crippen molar-refractivity contribution >= 4 is 5.78 Å². The normalized spacial score (nSPS) is 16.1. The fourth-order valence-corrected chi connectivity index (χ4v) is 2.42. The van der Waals surface area contributed by atoms with Gasteiger partial charge in [-0.1, -0.05) is 6.42 Å². The second-order valence-electron chi connectivity index (χ2n) is 4.83. The van der Waals surface area contributed by atoms with Crippen molar-refractivity contribution in [1.82, 2.24) is 4.90 Å². The van der Waals surface area contributed by atoms with E-state index in [0.29, 0.717) is 23.6 Å². The SMILES string of the molecule is COc1ccc(C(=O)CN2CCCCC2)cc1OC. The van der Waals surface area contributed by atoms with Gasteiger partial charge < -0.3 is 9.47 Å². The number of methoxy groups -OCH3 is 2. The van der Waals surface area contributed by atoms with Crippen LogP contribution in [0.15, 0.2) is 18.2 Å². The fourth-order valence-electron chi connectivity index (χ4n) is 2.42. The molecule has 0 atom stereocenters. The maximum Gasteiger partial charge on any atom is 0.176 e. The van der Waals surface area contributed by atoms with Crippen molar-refractivity contribution in [2.24, 2.45) is 0 Å². The van der Waals surface area contributed by atoms with Gasteiger partial charge in [0.15, 0.2) is 17.3 Å². The maximum absolute atomic E-state index is 12.2. The summed E-state index contributed by atoms with van der Waals surface area (Å²) in [5.41, 5.74) is 0.684. The standard InChI is InChI=1S/C15H21NO3/c1-18-14-7-6-12(10-15(14)19-2)13(17)11-16-8-4-3-5-9-16/h6-7,10H,3-5,8-9,11H2,1-2H3. The van der Waals surface area contributed by atoms with E-state index < -0.39 is 0 Å². The second kappa shape index (κ2) is 6.57. The Morgan fingerprint density at radius 3 is 2.42 bits per heavy atom. The zero-order chi connectivity index (χ0) is 13.7. The molecular formula is C15H21NO3. The number of ketones is 1. The number of benzene rings is 1. The molecule has 0 unspecified atom stereocenters. The smallest absolute Gasteiger partial charge is 0.176 e. The van der Waals surface area contributed by atoms with E-state index in [0.717, 1.165) is 13.1 Å². The Labute approximate surface area is 114 Å². The second-order valence-corrected chi connectivity index (χ2v) is 4.83.